The van der Waals surface area contributed by atoms with Crippen molar-refractivity contribution in [1.29, 1.82) is 0 Å². The highest BCUT2D eigenvalue weighted by Crippen LogP contribution is 2.55. The van der Waals surface area contributed by atoms with Crippen LogP contribution in [0, 0.1) is 0 Å². The van der Waals surface area contributed by atoms with Crippen molar-refractivity contribution in [3.63, 3.8) is 0 Å². The summed E-state index contributed by atoms with van der Waals surface area (Å²) in [5.41, 5.74) is 5.76. The Morgan fingerprint density at radius 3 is 1.35 bits per heavy atom. The van der Waals surface area contributed by atoms with Gasteiger partial charge >= 0.3 is 12.2 Å². The van der Waals surface area contributed by atoms with E-state index in [0.717, 1.165) is 43.6 Å². The number of methoxy groups -OCH3 is 1. The fourth-order valence-corrected chi connectivity index (χ4v) is 6.29. The number of rotatable bonds is 9. The van der Waals surface area contributed by atoms with Crippen molar-refractivity contribution in [3.8, 4) is 11.5 Å². The van der Waals surface area contributed by atoms with Gasteiger partial charge in [-0.25, -0.2) is 9.59 Å². The summed E-state index contributed by atoms with van der Waals surface area (Å²) in [5, 5.41) is 1.92. The number of ether oxygens (including phenoxy) is 3. The molecule has 0 aliphatic carbocycles. The van der Waals surface area contributed by atoms with Gasteiger partial charge in [-0.2, -0.15) is 0 Å². The first kappa shape index (κ1) is 33.2. The third-order valence-corrected chi connectivity index (χ3v) is 8.20. The number of hydrogen-bond donors (Lipinski definition) is 0. The highest BCUT2D eigenvalue weighted by Gasteiger charge is 2.47. The summed E-state index contributed by atoms with van der Waals surface area (Å²) in [6.07, 6.45) is -2.67. The molecular formula is C41H40N2O6. The fourth-order valence-electron chi connectivity index (χ4n) is 6.29. The molecule has 0 saturated heterocycles. The first-order valence-corrected chi connectivity index (χ1v) is 16.4. The first-order chi connectivity index (χ1) is 23.8. The van der Waals surface area contributed by atoms with Crippen LogP contribution in [0.15, 0.2) is 127 Å². The average Bonchev–Trinajstić information content (AvgIpc) is 3.51. The van der Waals surface area contributed by atoms with E-state index < -0.39 is 24.4 Å². The fraction of sp³-hybridized carbons (Fsp3) is 0.220. The number of carbonyl (C=O) groups excluding carboxylic acids is 2. The third kappa shape index (κ3) is 6.81. The molecule has 0 fully saturated rings. The summed E-state index contributed by atoms with van der Waals surface area (Å²) in [7, 11) is 1.55. The normalized spacial score (nSPS) is 12.3. The summed E-state index contributed by atoms with van der Waals surface area (Å²) in [4.78, 5) is 34.2. The molecule has 8 heteroatoms. The Bertz CT molecular complexity index is 1800. The minimum atomic E-state index is -0.875. The van der Waals surface area contributed by atoms with E-state index in [2.05, 4.69) is 54.6 Å². The monoisotopic (exact) mass is 656 g/mol. The van der Waals surface area contributed by atoms with Crippen molar-refractivity contribution in [3.05, 3.63) is 161 Å². The van der Waals surface area contributed by atoms with Gasteiger partial charge < -0.3 is 19.0 Å². The molecule has 1 heterocycles. The van der Waals surface area contributed by atoms with Crippen LogP contribution >= 0.6 is 0 Å². The van der Waals surface area contributed by atoms with E-state index in [4.69, 9.17) is 19.0 Å². The van der Waals surface area contributed by atoms with Crippen molar-refractivity contribution < 1.29 is 28.6 Å². The van der Waals surface area contributed by atoms with Crippen molar-refractivity contribution in [2.24, 2.45) is 0 Å². The molecule has 5 aromatic rings. The van der Waals surface area contributed by atoms with Crippen molar-refractivity contribution >= 4 is 17.9 Å². The molecule has 0 bridgehead atoms. The van der Waals surface area contributed by atoms with E-state index in [1.165, 1.54) is 0 Å². The van der Waals surface area contributed by atoms with E-state index in [1.54, 1.807) is 34.8 Å². The number of anilines is 1. The Labute approximate surface area is 287 Å². The molecule has 49 heavy (non-hydrogen) atoms. The standard InChI is InChI=1S/C41H40N2O6/c1-27(2)47-40(44)42-37-38(46-5)33(35(29-18-10-6-11-19-29)30-20-12-7-13-21-30)26-34(39(37)49-43(42)41(45)48-28(3)4)36(31-22-14-8-15-23-31)32-24-16-9-17-25-32/h6-28,35-36H,1-5H3. The number of hydrogen-bond acceptors (Lipinski definition) is 6. The number of hydroxylamine groups is 1. The molecule has 5 aromatic carbocycles. The zero-order valence-corrected chi connectivity index (χ0v) is 28.3. The van der Waals surface area contributed by atoms with Crippen LogP contribution in [-0.4, -0.2) is 36.7 Å². The maximum Gasteiger partial charge on any atom is 0.464 e. The molecule has 1 aliphatic rings. The van der Waals surface area contributed by atoms with Gasteiger partial charge in [0.25, 0.3) is 0 Å². The number of benzene rings is 5. The number of fused-ring (bicyclic) bond motifs is 1. The third-order valence-electron chi connectivity index (χ3n) is 8.20. The predicted molar refractivity (Wildman–Crippen MR) is 189 cm³/mol. The lowest BCUT2D eigenvalue weighted by molar-refractivity contribution is -0.0491. The van der Waals surface area contributed by atoms with Gasteiger partial charge in [0.2, 0.25) is 0 Å². The van der Waals surface area contributed by atoms with Crippen LogP contribution in [0.25, 0.3) is 0 Å². The van der Waals surface area contributed by atoms with Crippen molar-refractivity contribution in [2.75, 3.05) is 12.1 Å². The van der Waals surface area contributed by atoms with Crippen LogP contribution in [0.3, 0.4) is 0 Å². The second-order valence-corrected chi connectivity index (χ2v) is 12.3. The first-order valence-electron chi connectivity index (χ1n) is 16.4. The number of carbonyl (C=O) groups is 2. The zero-order valence-electron chi connectivity index (χ0n) is 28.3. The summed E-state index contributed by atoms with van der Waals surface area (Å²) < 4.78 is 17.5. The maximum atomic E-state index is 14.0. The van der Waals surface area contributed by atoms with E-state index in [0.29, 0.717) is 5.75 Å². The van der Waals surface area contributed by atoms with E-state index >= 15 is 0 Å². The van der Waals surface area contributed by atoms with Crippen LogP contribution < -0.4 is 14.6 Å². The lowest BCUT2D eigenvalue weighted by atomic mass is 9.79. The Hall–Kier alpha value is -5.76. The van der Waals surface area contributed by atoms with Gasteiger partial charge in [0.15, 0.2) is 17.2 Å². The molecular weight excluding hydrogens is 616 g/mol. The van der Waals surface area contributed by atoms with Crippen LogP contribution in [-0.2, 0) is 9.47 Å². The van der Waals surface area contributed by atoms with Crippen molar-refractivity contribution in [1.82, 2.24) is 5.17 Å². The largest absolute Gasteiger partial charge is 0.494 e. The minimum absolute atomic E-state index is 0.245. The summed E-state index contributed by atoms with van der Waals surface area (Å²) in [6.45, 7) is 6.95. The SMILES string of the molecule is COc1c(C(c2ccccc2)c2ccccc2)cc(C(c2ccccc2)c2ccccc2)c2c1N(C(=O)OC(C)C)N(C(=O)OC(C)C)O2. The zero-order chi connectivity index (χ0) is 34.5. The van der Waals surface area contributed by atoms with Gasteiger partial charge in [-0.05, 0) is 61.2 Å². The van der Waals surface area contributed by atoms with E-state index in [-0.39, 0.29) is 23.3 Å². The molecule has 1 aliphatic heterocycles. The predicted octanol–water partition coefficient (Wildman–Crippen LogP) is 9.48. The van der Waals surface area contributed by atoms with Gasteiger partial charge in [-0.15, -0.1) is 5.01 Å². The van der Waals surface area contributed by atoms with Gasteiger partial charge in [0.1, 0.15) is 0 Å². The lowest BCUT2D eigenvalue weighted by Gasteiger charge is -2.28. The molecule has 0 atom stereocenters. The van der Waals surface area contributed by atoms with Gasteiger partial charge in [-0.3, -0.25) is 0 Å². The second kappa shape index (κ2) is 14.6. The molecule has 0 radical (unpaired) electrons. The summed E-state index contributed by atoms with van der Waals surface area (Å²) in [6, 6.07) is 42.5. The Morgan fingerprint density at radius 2 is 0.959 bits per heavy atom. The van der Waals surface area contributed by atoms with E-state index in [9.17, 15) is 9.59 Å². The molecule has 0 spiro atoms. The lowest BCUT2D eigenvalue weighted by Crippen LogP contribution is -2.49. The maximum absolute atomic E-state index is 14.0. The smallest absolute Gasteiger partial charge is 0.464 e. The van der Waals surface area contributed by atoms with Crippen LogP contribution in [0.4, 0.5) is 15.3 Å². The molecule has 2 amide bonds. The molecule has 0 saturated carbocycles. The van der Waals surface area contributed by atoms with Gasteiger partial charge in [-0.1, -0.05) is 121 Å². The second-order valence-electron chi connectivity index (χ2n) is 12.3. The van der Waals surface area contributed by atoms with Gasteiger partial charge in [0, 0.05) is 23.0 Å². The number of nitrogens with zero attached hydrogens (tertiary/aromatic N) is 2. The summed E-state index contributed by atoms with van der Waals surface area (Å²) >= 11 is 0. The Balaban J connectivity index is 1.72. The quantitative estimate of drug-likeness (QED) is 0.147. The topological polar surface area (TPSA) is 77.5 Å². The van der Waals surface area contributed by atoms with Crippen LogP contribution in [0.1, 0.15) is 72.9 Å². The number of hydrazine groups is 1. The van der Waals surface area contributed by atoms with Gasteiger partial charge in [0.05, 0.1) is 19.3 Å². The molecule has 0 aromatic heterocycles. The Kier molecular flexibility index (Phi) is 9.85. The van der Waals surface area contributed by atoms with Crippen molar-refractivity contribution in [2.45, 2.75) is 51.7 Å². The minimum Gasteiger partial charge on any atom is -0.494 e. The molecule has 250 valence electrons. The highest BCUT2D eigenvalue weighted by atomic mass is 16.8. The molecule has 6 rings (SSSR count). The summed E-state index contributed by atoms with van der Waals surface area (Å²) in [5.74, 6) is -0.0539. The molecule has 0 N–H and O–H groups in total. The van der Waals surface area contributed by atoms with E-state index in [1.807, 2.05) is 72.8 Å². The highest BCUT2D eigenvalue weighted by molar-refractivity contribution is 5.97. The van der Waals surface area contributed by atoms with Crippen LogP contribution in [0.5, 0.6) is 11.5 Å². The Morgan fingerprint density at radius 1 is 0.571 bits per heavy atom. The number of amides is 2. The molecule has 0 unspecified atom stereocenters. The average molecular weight is 657 g/mol. The molecule has 8 nitrogen and oxygen atoms in total. The van der Waals surface area contributed by atoms with Crippen LogP contribution in [0.2, 0.25) is 0 Å².